The van der Waals surface area contributed by atoms with E-state index < -0.39 is 6.10 Å². The molecule has 3 rings (SSSR count). The Morgan fingerprint density at radius 3 is 2.80 bits per heavy atom. The maximum absolute atomic E-state index is 12.2. The monoisotopic (exact) mass is 342 g/mol. The zero-order valence-electron chi connectivity index (χ0n) is 14.9. The van der Waals surface area contributed by atoms with E-state index in [4.69, 9.17) is 0 Å². The molecule has 0 aliphatic carbocycles. The molecule has 2 N–H and O–H groups in total. The van der Waals surface area contributed by atoms with E-state index in [-0.39, 0.29) is 11.8 Å². The van der Waals surface area contributed by atoms with Gasteiger partial charge < -0.3 is 15.0 Å². The SMILES string of the molecule is Cc1cccc(NC(=O)CN2CCC([C@H](O)c3nccn3C)CC2)c1. The Bertz CT molecular complexity index is 720. The predicted octanol–water partition coefficient (Wildman–Crippen LogP) is 2.11. The summed E-state index contributed by atoms with van der Waals surface area (Å²) in [6, 6.07) is 7.82. The van der Waals surface area contributed by atoms with Crippen molar-refractivity contribution in [3.8, 4) is 0 Å². The van der Waals surface area contributed by atoms with Gasteiger partial charge in [-0.25, -0.2) is 4.98 Å². The molecular formula is C19H26N4O2. The minimum atomic E-state index is -0.539. The van der Waals surface area contributed by atoms with Crippen molar-refractivity contribution in [2.75, 3.05) is 25.0 Å². The highest BCUT2D eigenvalue weighted by molar-refractivity contribution is 5.92. The number of aliphatic hydroxyl groups excluding tert-OH is 1. The van der Waals surface area contributed by atoms with Gasteiger partial charge in [-0.3, -0.25) is 9.69 Å². The number of likely N-dealkylation sites (tertiary alicyclic amines) is 1. The van der Waals surface area contributed by atoms with E-state index in [0.29, 0.717) is 6.54 Å². The molecule has 0 unspecified atom stereocenters. The van der Waals surface area contributed by atoms with Crippen LogP contribution >= 0.6 is 0 Å². The highest BCUT2D eigenvalue weighted by Crippen LogP contribution is 2.29. The minimum absolute atomic E-state index is 0.00806. The van der Waals surface area contributed by atoms with E-state index in [0.717, 1.165) is 43.0 Å². The number of nitrogens with zero attached hydrogens (tertiary/aromatic N) is 3. The molecule has 1 saturated heterocycles. The fourth-order valence-electron chi connectivity index (χ4n) is 3.43. The summed E-state index contributed by atoms with van der Waals surface area (Å²) in [5.41, 5.74) is 1.96. The first kappa shape index (κ1) is 17.6. The fraction of sp³-hybridized carbons (Fsp3) is 0.474. The highest BCUT2D eigenvalue weighted by Gasteiger charge is 2.28. The van der Waals surface area contributed by atoms with Crippen molar-refractivity contribution >= 4 is 11.6 Å². The number of amides is 1. The van der Waals surface area contributed by atoms with Gasteiger partial charge in [0.05, 0.1) is 6.54 Å². The lowest BCUT2D eigenvalue weighted by Crippen LogP contribution is -2.40. The number of piperidine rings is 1. The van der Waals surface area contributed by atoms with Crippen LogP contribution in [0.2, 0.25) is 0 Å². The number of aromatic nitrogens is 2. The number of carbonyl (C=O) groups is 1. The average Bonchev–Trinajstić information content (AvgIpc) is 3.01. The van der Waals surface area contributed by atoms with E-state index in [1.807, 2.05) is 49.0 Å². The number of benzene rings is 1. The van der Waals surface area contributed by atoms with Crippen LogP contribution in [0.15, 0.2) is 36.7 Å². The molecule has 0 spiro atoms. The number of hydrogen-bond acceptors (Lipinski definition) is 4. The molecule has 2 heterocycles. The number of anilines is 1. The first-order valence-corrected chi connectivity index (χ1v) is 8.77. The molecule has 1 fully saturated rings. The summed E-state index contributed by atoms with van der Waals surface area (Å²) < 4.78 is 1.87. The van der Waals surface area contributed by atoms with Crippen LogP contribution in [0.25, 0.3) is 0 Å². The summed E-state index contributed by atoms with van der Waals surface area (Å²) >= 11 is 0. The van der Waals surface area contributed by atoms with E-state index >= 15 is 0 Å². The Kier molecular flexibility index (Phi) is 5.50. The molecule has 1 amide bonds. The predicted molar refractivity (Wildman–Crippen MR) is 97.1 cm³/mol. The molecule has 1 aromatic heterocycles. The number of nitrogens with one attached hydrogen (secondary N) is 1. The van der Waals surface area contributed by atoms with Crippen molar-refractivity contribution in [3.63, 3.8) is 0 Å². The van der Waals surface area contributed by atoms with Crippen LogP contribution < -0.4 is 5.32 Å². The number of imidazole rings is 1. The number of rotatable bonds is 5. The largest absolute Gasteiger partial charge is 0.385 e. The molecule has 2 aromatic rings. The van der Waals surface area contributed by atoms with Crippen molar-refractivity contribution in [1.82, 2.24) is 14.5 Å². The summed E-state index contributed by atoms with van der Waals surface area (Å²) in [7, 11) is 1.90. The first-order valence-electron chi connectivity index (χ1n) is 8.77. The second-order valence-corrected chi connectivity index (χ2v) is 6.87. The minimum Gasteiger partial charge on any atom is -0.385 e. The fourth-order valence-corrected chi connectivity index (χ4v) is 3.43. The molecule has 134 valence electrons. The smallest absolute Gasteiger partial charge is 0.238 e. The van der Waals surface area contributed by atoms with Crippen molar-refractivity contribution in [1.29, 1.82) is 0 Å². The molecule has 0 bridgehead atoms. The van der Waals surface area contributed by atoms with Gasteiger partial charge in [-0.15, -0.1) is 0 Å². The van der Waals surface area contributed by atoms with Crippen LogP contribution in [-0.4, -0.2) is 45.1 Å². The van der Waals surface area contributed by atoms with Crippen molar-refractivity contribution < 1.29 is 9.90 Å². The van der Waals surface area contributed by atoms with Gasteiger partial charge in [-0.1, -0.05) is 12.1 Å². The third kappa shape index (κ3) is 4.46. The van der Waals surface area contributed by atoms with Crippen LogP contribution in [0.1, 0.15) is 30.3 Å². The van der Waals surface area contributed by atoms with Crippen molar-refractivity contribution in [3.05, 3.63) is 48.0 Å². The number of aryl methyl sites for hydroxylation is 2. The van der Waals surface area contributed by atoms with Crippen LogP contribution in [-0.2, 0) is 11.8 Å². The molecule has 6 nitrogen and oxygen atoms in total. The molecule has 0 radical (unpaired) electrons. The lowest BCUT2D eigenvalue weighted by molar-refractivity contribution is -0.117. The Balaban J connectivity index is 1.47. The van der Waals surface area contributed by atoms with Gasteiger partial charge in [0.2, 0.25) is 5.91 Å². The molecule has 1 atom stereocenters. The Morgan fingerprint density at radius 1 is 1.40 bits per heavy atom. The highest BCUT2D eigenvalue weighted by atomic mass is 16.3. The zero-order chi connectivity index (χ0) is 17.8. The van der Waals surface area contributed by atoms with Gasteiger partial charge in [-0.2, -0.15) is 0 Å². The summed E-state index contributed by atoms with van der Waals surface area (Å²) in [6.45, 7) is 4.02. The topological polar surface area (TPSA) is 70.4 Å². The Morgan fingerprint density at radius 2 is 2.16 bits per heavy atom. The Labute approximate surface area is 148 Å². The first-order chi connectivity index (χ1) is 12.0. The van der Waals surface area contributed by atoms with Gasteiger partial charge in [0.1, 0.15) is 11.9 Å². The molecule has 25 heavy (non-hydrogen) atoms. The van der Waals surface area contributed by atoms with Gasteiger partial charge in [0, 0.05) is 25.1 Å². The van der Waals surface area contributed by atoms with E-state index in [2.05, 4.69) is 15.2 Å². The van der Waals surface area contributed by atoms with E-state index in [9.17, 15) is 9.90 Å². The molecule has 1 aliphatic rings. The summed E-state index contributed by atoms with van der Waals surface area (Å²) in [6.07, 6.45) is 4.76. The van der Waals surface area contributed by atoms with Crippen LogP contribution in [0.4, 0.5) is 5.69 Å². The van der Waals surface area contributed by atoms with Crippen molar-refractivity contribution in [2.24, 2.45) is 13.0 Å². The maximum atomic E-state index is 12.2. The third-order valence-electron chi connectivity index (χ3n) is 4.87. The van der Waals surface area contributed by atoms with Gasteiger partial charge >= 0.3 is 0 Å². The van der Waals surface area contributed by atoms with Gasteiger partial charge in [-0.05, 0) is 56.5 Å². The van der Waals surface area contributed by atoms with E-state index in [1.165, 1.54) is 0 Å². The lowest BCUT2D eigenvalue weighted by atomic mass is 9.90. The van der Waals surface area contributed by atoms with Crippen LogP contribution in [0.5, 0.6) is 0 Å². The Hall–Kier alpha value is -2.18. The van der Waals surface area contributed by atoms with Crippen molar-refractivity contribution in [2.45, 2.75) is 25.9 Å². The summed E-state index contributed by atoms with van der Waals surface area (Å²) in [5.74, 6) is 0.918. The standard InChI is InChI=1S/C19H26N4O2/c1-14-4-3-5-16(12-14)21-17(24)13-23-9-6-15(7-10-23)18(25)19-20-8-11-22(19)2/h3-5,8,11-12,15,18,25H,6-7,9-10,13H2,1-2H3,(H,21,24)/t18-/m0/s1. The average molecular weight is 342 g/mol. The van der Waals surface area contributed by atoms with Gasteiger partial charge in [0.15, 0.2) is 0 Å². The number of aliphatic hydroxyl groups is 1. The number of hydrogen-bond donors (Lipinski definition) is 2. The van der Waals surface area contributed by atoms with Gasteiger partial charge in [0.25, 0.3) is 0 Å². The summed E-state index contributed by atoms with van der Waals surface area (Å²) in [5, 5.41) is 13.5. The molecule has 6 heteroatoms. The normalized spacial score (nSPS) is 17.4. The lowest BCUT2D eigenvalue weighted by Gasteiger charge is -2.33. The molecular weight excluding hydrogens is 316 g/mol. The molecule has 1 aliphatic heterocycles. The quantitative estimate of drug-likeness (QED) is 0.873. The summed E-state index contributed by atoms with van der Waals surface area (Å²) in [4.78, 5) is 18.6. The molecule has 1 aromatic carbocycles. The zero-order valence-corrected chi connectivity index (χ0v) is 14.9. The molecule has 0 saturated carbocycles. The second kappa shape index (κ2) is 7.80. The number of carbonyl (C=O) groups excluding carboxylic acids is 1. The maximum Gasteiger partial charge on any atom is 0.238 e. The van der Waals surface area contributed by atoms with Crippen LogP contribution in [0.3, 0.4) is 0 Å². The van der Waals surface area contributed by atoms with Crippen LogP contribution in [0, 0.1) is 12.8 Å². The second-order valence-electron chi connectivity index (χ2n) is 6.87. The third-order valence-corrected chi connectivity index (χ3v) is 4.87. The van der Waals surface area contributed by atoms with E-state index in [1.54, 1.807) is 6.20 Å².